The number of ether oxygens (including phenoxy) is 1. The minimum Gasteiger partial charge on any atom is -0.493 e. The molecular weight excluding hydrogens is 336 g/mol. The molecule has 1 aliphatic heterocycles. The van der Waals surface area contributed by atoms with E-state index in [1.165, 1.54) is 0 Å². The summed E-state index contributed by atoms with van der Waals surface area (Å²) in [4.78, 5) is 15.0. The topological polar surface area (TPSA) is 41.6 Å². The van der Waals surface area contributed by atoms with Crippen molar-refractivity contribution in [3.63, 3.8) is 0 Å². The molecule has 4 nitrogen and oxygen atoms in total. The van der Waals surface area contributed by atoms with E-state index in [0.717, 1.165) is 37.2 Å². The Balaban J connectivity index is 0.00000312. The molecule has 25 heavy (non-hydrogen) atoms. The lowest BCUT2D eigenvalue weighted by Gasteiger charge is -2.37. The molecule has 0 aliphatic carbocycles. The quantitative estimate of drug-likeness (QED) is 0.833. The van der Waals surface area contributed by atoms with Gasteiger partial charge in [0.25, 0.3) is 0 Å². The normalized spacial score (nSPS) is 15.8. The average molecular weight is 369 g/mol. The maximum absolute atomic E-state index is 13.0. The van der Waals surface area contributed by atoms with Gasteiger partial charge in [0.1, 0.15) is 5.75 Å². The molecule has 142 valence electrons. The van der Waals surface area contributed by atoms with Crippen LogP contribution in [0.15, 0.2) is 24.3 Å². The monoisotopic (exact) mass is 368 g/mol. The second kappa shape index (κ2) is 9.44. The highest BCUT2D eigenvalue weighted by molar-refractivity contribution is 5.87. The first-order valence-corrected chi connectivity index (χ1v) is 9.04. The van der Waals surface area contributed by atoms with Crippen LogP contribution in [0.4, 0.5) is 0 Å². The van der Waals surface area contributed by atoms with Crippen LogP contribution in [-0.2, 0) is 10.2 Å². The minimum absolute atomic E-state index is 0. The standard InChI is InChI=1S/C20H32N2O2.ClH/c1-15(2)14-24-18-8-6-16(7-9-18)20(3,4)19(23)22-12-10-17(21-5)11-13-22;/h6-9,15,17,21H,10-14H2,1-5H3;1H. The second-order valence-corrected chi connectivity index (χ2v) is 7.71. The van der Waals surface area contributed by atoms with Crippen LogP contribution in [0.25, 0.3) is 0 Å². The molecule has 0 unspecified atom stereocenters. The fourth-order valence-electron chi connectivity index (χ4n) is 3.12. The zero-order chi connectivity index (χ0) is 17.7. The molecule has 5 heteroatoms. The van der Waals surface area contributed by atoms with Crippen molar-refractivity contribution in [2.75, 3.05) is 26.7 Å². The smallest absolute Gasteiger partial charge is 0.232 e. The Kier molecular flexibility index (Phi) is 8.23. The Morgan fingerprint density at radius 1 is 1.24 bits per heavy atom. The number of piperidine rings is 1. The van der Waals surface area contributed by atoms with Gasteiger partial charge in [-0.1, -0.05) is 26.0 Å². The summed E-state index contributed by atoms with van der Waals surface area (Å²) in [6, 6.07) is 8.52. The first-order valence-electron chi connectivity index (χ1n) is 9.04. The summed E-state index contributed by atoms with van der Waals surface area (Å²) in [6.07, 6.45) is 2.06. The zero-order valence-electron chi connectivity index (χ0n) is 16.2. The highest BCUT2D eigenvalue weighted by Gasteiger charge is 2.35. The highest BCUT2D eigenvalue weighted by Crippen LogP contribution is 2.29. The summed E-state index contributed by atoms with van der Waals surface area (Å²) < 4.78 is 5.73. The van der Waals surface area contributed by atoms with Crippen molar-refractivity contribution in [3.8, 4) is 5.75 Å². The van der Waals surface area contributed by atoms with E-state index in [-0.39, 0.29) is 18.3 Å². The number of carbonyl (C=O) groups excluding carboxylic acids is 1. The molecule has 1 N–H and O–H groups in total. The Hall–Kier alpha value is -1.26. The lowest BCUT2D eigenvalue weighted by molar-refractivity contribution is -0.137. The van der Waals surface area contributed by atoms with E-state index in [4.69, 9.17) is 4.74 Å². The van der Waals surface area contributed by atoms with Gasteiger partial charge in [-0.3, -0.25) is 4.79 Å². The van der Waals surface area contributed by atoms with Crippen molar-refractivity contribution < 1.29 is 9.53 Å². The average Bonchev–Trinajstić information content (AvgIpc) is 2.59. The number of hydrogen-bond acceptors (Lipinski definition) is 3. The van der Waals surface area contributed by atoms with Crippen LogP contribution < -0.4 is 10.1 Å². The van der Waals surface area contributed by atoms with Crippen LogP contribution in [0.3, 0.4) is 0 Å². The third-order valence-electron chi connectivity index (χ3n) is 4.88. The molecule has 0 aromatic heterocycles. The summed E-state index contributed by atoms with van der Waals surface area (Å²) in [5.41, 5.74) is 0.531. The first kappa shape index (κ1) is 21.8. The van der Waals surface area contributed by atoms with Gasteiger partial charge >= 0.3 is 0 Å². The third-order valence-corrected chi connectivity index (χ3v) is 4.88. The molecule has 1 fully saturated rings. The Morgan fingerprint density at radius 2 is 1.80 bits per heavy atom. The van der Waals surface area contributed by atoms with Gasteiger partial charge in [-0.2, -0.15) is 0 Å². The third kappa shape index (κ3) is 5.61. The number of benzene rings is 1. The van der Waals surface area contributed by atoms with Gasteiger partial charge in [-0.15, -0.1) is 12.4 Å². The van der Waals surface area contributed by atoms with Crippen molar-refractivity contribution in [2.45, 2.75) is 52.0 Å². The zero-order valence-corrected chi connectivity index (χ0v) is 17.0. The van der Waals surface area contributed by atoms with E-state index in [1.54, 1.807) is 0 Å². The summed E-state index contributed by atoms with van der Waals surface area (Å²) in [6.45, 7) is 10.7. The maximum atomic E-state index is 13.0. The maximum Gasteiger partial charge on any atom is 0.232 e. The molecule has 0 bridgehead atoms. The Morgan fingerprint density at radius 3 is 2.28 bits per heavy atom. The van der Waals surface area contributed by atoms with Crippen LogP contribution in [-0.4, -0.2) is 43.6 Å². The fourth-order valence-corrected chi connectivity index (χ4v) is 3.12. The molecule has 0 saturated carbocycles. The van der Waals surface area contributed by atoms with Gasteiger partial charge in [0.15, 0.2) is 0 Å². The van der Waals surface area contributed by atoms with E-state index in [0.29, 0.717) is 18.6 Å². The predicted octanol–water partition coefficient (Wildman–Crippen LogP) is 3.63. The SMILES string of the molecule is CNC1CCN(C(=O)C(C)(C)c2ccc(OCC(C)C)cc2)CC1.Cl. The van der Waals surface area contributed by atoms with Crippen molar-refractivity contribution >= 4 is 18.3 Å². The van der Waals surface area contributed by atoms with E-state index in [9.17, 15) is 4.79 Å². The summed E-state index contributed by atoms with van der Waals surface area (Å²) in [5, 5.41) is 3.31. The summed E-state index contributed by atoms with van der Waals surface area (Å²) in [5.74, 6) is 1.58. The summed E-state index contributed by atoms with van der Waals surface area (Å²) in [7, 11) is 2.00. The molecular formula is C20H33ClN2O2. The molecule has 1 aromatic rings. The lowest BCUT2D eigenvalue weighted by atomic mass is 9.82. The van der Waals surface area contributed by atoms with Gasteiger partial charge in [0.05, 0.1) is 12.0 Å². The molecule has 1 heterocycles. The van der Waals surface area contributed by atoms with E-state index >= 15 is 0 Å². The van der Waals surface area contributed by atoms with Gasteiger partial charge in [0, 0.05) is 19.1 Å². The van der Waals surface area contributed by atoms with Crippen molar-refractivity contribution in [2.24, 2.45) is 5.92 Å². The number of likely N-dealkylation sites (tertiary alicyclic amines) is 1. The van der Waals surface area contributed by atoms with E-state index in [2.05, 4.69) is 19.2 Å². The molecule has 1 aromatic carbocycles. The number of amides is 1. The van der Waals surface area contributed by atoms with Crippen molar-refractivity contribution in [1.29, 1.82) is 0 Å². The van der Waals surface area contributed by atoms with Crippen molar-refractivity contribution in [1.82, 2.24) is 10.2 Å². The Labute approximate surface area is 158 Å². The largest absolute Gasteiger partial charge is 0.493 e. The van der Waals surface area contributed by atoms with Crippen LogP contribution in [0, 0.1) is 5.92 Å². The van der Waals surface area contributed by atoms with Crippen LogP contribution in [0.2, 0.25) is 0 Å². The second-order valence-electron chi connectivity index (χ2n) is 7.71. The van der Waals surface area contributed by atoms with Gasteiger partial charge < -0.3 is 15.0 Å². The van der Waals surface area contributed by atoms with Gasteiger partial charge in [-0.05, 0) is 57.4 Å². The molecule has 1 saturated heterocycles. The van der Waals surface area contributed by atoms with E-state index in [1.807, 2.05) is 50.1 Å². The number of nitrogens with zero attached hydrogens (tertiary/aromatic N) is 1. The van der Waals surface area contributed by atoms with Gasteiger partial charge in [0.2, 0.25) is 5.91 Å². The van der Waals surface area contributed by atoms with Gasteiger partial charge in [-0.25, -0.2) is 0 Å². The molecule has 1 aliphatic rings. The first-order chi connectivity index (χ1) is 11.3. The van der Waals surface area contributed by atoms with Crippen LogP contribution >= 0.6 is 12.4 Å². The number of carbonyl (C=O) groups is 1. The highest BCUT2D eigenvalue weighted by atomic mass is 35.5. The number of hydrogen-bond donors (Lipinski definition) is 1. The van der Waals surface area contributed by atoms with Crippen LogP contribution in [0.5, 0.6) is 5.75 Å². The molecule has 0 spiro atoms. The minimum atomic E-state index is -0.511. The van der Waals surface area contributed by atoms with E-state index < -0.39 is 5.41 Å². The van der Waals surface area contributed by atoms with Crippen molar-refractivity contribution in [3.05, 3.63) is 29.8 Å². The van der Waals surface area contributed by atoms with Crippen LogP contribution in [0.1, 0.15) is 46.1 Å². The predicted molar refractivity (Wildman–Crippen MR) is 106 cm³/mol. The Bertz CT molecular complexity index is 535. The fraction of sp³-hybridized carbons (Fsp3) is 0.650. The number of nitrogens with one attached hydrogen (secondary N) is 1. The number of rotatable bonds is 6. The molecule has 0 atom stereocenters. The number of halogens is 1. The molecule has 0 radical (unpaired) electrons. The lowest BCUT2D eigenvalue weighted by Crippen LogP contribution is -2.49. The molecule has 1 amide bonds. The molecule has 2 rings (SSSR count). The summed E-state index contributed by atoms with van der Waals surface area (Å²) >= 11 is 0.